The second-order valence-corrected chi connectivity index (χ2v) is 5.69. The summed E-state index contributed by atoms with van der Waals surface area (Å²) in [5.41, 5.74) is -4.94. The quantitative estimate of drug-likeness (QED) is 0.813. The normalized spacial score (nSPS) is 21.5. The third kappa shape index (κ3) is 3.27. The minimum Gasteiger partial charge on any atom is -0.481 e. The SMILES string of the molecule is Cc1nc(C(F)(F)F)ccc1C(=O)N1CCC(C(=O)O)(C(F)(F)F)C1. The van der Waals surface area contributed by atoms with Gasteiger partial charge in [0.15, 0.2) is 5.41 Å². The Kier molecular flexibility index (Phi) is 4.47. The molecule has 1 amide bonds. The summed E-state index contributed by atoms with van der Waals surface area (Å²) in [5, 5.41) is 8.95. The predicted octanol–water partition coefficient (Wildman–Crippen LogP) is 2.89. The minimum atomic E-state index is -5.07. The molecule has 0 saturated carbocycles. The van der Waals surface area contributed by atoms with Crippen LogP contribution in [0.25, 0.3) is 0 Å². The smallest absolute Gasteiger partial charge is 0.433 e. The van der Waals surface area contributed by atoms with Crippen LogP contribution in [0, 0.1) is 12.3 Å². The van der Waals surface area contributed by atoms with E-state index in [0.717, 1.165) is 13.0 Å². The lowest BCUT2D eigenvalue weighted by Crippen LogP contribution is -2.47. The number of alkyl halides is 6. The number of hydrogen-bond acceptors (Lipinski definition) is 3. The Hall–Kier alpha value is -2.33. The third-order valence-electron chi connectivity index (χ3n) is 4.12. The number of hydrogen-bond donors (Lipinski definition) is 1. The van der Waals surface area contributed by atoms with Crippen LogP contribution in [0.1, 0.15) is 28.2 Å². The van der Waals surface area contributed by atoms with Gasteiger partial charge in [-0.3, -0.25) is 9.59 Å². The van der Waals surface area contributed by atoms with Gasteiger partial charge in [0.2, 0.25) is 0 Å². The number of pyridine rings is 1. The molecule has 1 fully saturated rings. The molecule has 2 heterocycles. The molecule has 0 bridgehead atoms. The Morgan fingerprint density at radius 1 is 1.20 bits per heavy atom. The van der Waals surface area contributed by atoms with E-state index in [-0.39, 0.29) is 11.3 Å². The van der Waals surface area contributed by atoms with Crippen molar-refractivity contribution >= 4 is 11.9 Å². The van der Waals surface area contributed by atoms with Crippen LogP contribution >= 0.6 is 0 Å². The minimum absolute atomic E-state index is 0.306. The molecular formula is C14H12F6N2O3. The number of carbonyl (C=O) groups excluding carboxylic acids is 1. The summed E-state index contributed by atoms with van der Waals surface area (Å²) in [4.78, 5) is 27.3. The van der Waals surface area contributed by atoms with Gasteiger partial charge in [0.05, 0.1) is 11.3 Å². The molecule has 1 unspecified atom stereocenters. The van der Waals surface area contributed by atoms with Gasteiger partial charge in [-0.15, -0.1) is 0 Å². The number of likely N-dealkylation sites (tertiary alicyclic amines) is 1. The summed E-state index contributed by atoms with van der Waals surface area (Å²) in [6, 6.07) is 1.37. The third-order valence-corrected chi connectivity index (χ3v) is 4.12. The van der Waals surface area contributed by atoms with Crippen molar-refractivity contribution in [2.24, 2.45) is 5.41 Å². The molecule has 1 aliphatic heterocycles. The zero-order valence-corrected chi connectivity index (χ0v) is 12.7. The largest absolute Gasteiger partial charge is 0.481 e. The van der Waals surface area contributed by atoms with Crippen LogP contribution in [0.2, 0.25) is 0 Å². The monoisotopic (exact) mass is 370 g/mol. The van der Waals surface area contributed by atoms with Crippen molar-refractivity contribution in [1.29, 1.82) is 0 Å². The summed E-state index contributed by atoms with van der Waals surface area (Å²) < 4.78 is 77.1. The van der Waals surface area contributed by atoms with Crippen LogP contribution in [0.15, 0.2) is 12.1 Å². The van der Waals surface area contributed by atoms with Crippen molar-refractivity contribution < 1.29 is 41.0 Å². The second kappa shape index (κ2) is 5.88. The Balaban J connectivity index is 2.30. The number of amides is 1. The van der Waals surface area contributed by atoms with Gasteiger partial charge < -0.3 is 10.0 Å². The zero-order valence-electron chi connectivity index (χ0n) is 12.7. The predicted molar refractivity (Wildman–Crippen MR) is 70.6 cm³/mol. The van der Waals surface area contributed by atoms with Crippen LogP contribution < -0.4 is 0 Å². The Bertz CT molecular complexity index is 715. The zero-order chi connectivity index (χ0) is 19.2. The number of rotatable bonds is 2. The molecule has 0 spiro atoms. The molecule has 1 N–H and O–H groups in total. The summed E-state index contributed by atoms with van der Waals surface area (Å²) in [6.07, 6.45) is -10.6. The highest BCUT2D eigenvalue weighted by Crippen LogP contribution is 2.46. The number of aromatic nitrogens is 1. The first kappa shape index (κ1) is 19.0. The molecule has 1 saturated heterocycles. The van der Waals surface area contributed by atoms with Crippen molar-refractivity contribution in [2.75, 3.05) is 13.1 Å². The summed E-state index contributed by atoms with van der Waals surface area (Å²) >= 11 is 0. The van der Waals surface area contributed by atoms with Crippen LogP contribution in [0.4, 0.5) is 26.3 Å². The number of carbonyl (C=O) groups is 2. The fraction of sp³-hybridized carbons (Fsp3) is 0.500. The first-order valence-corrected chi connectivity index (χ1v) is 6.94. The van der Waals surface area contributed by atoms with Gasteiger partial charge in [0.1, 0.15) is 5.69 Å². The highest BCUT2D eigenvalue weighted by Gasteiger charge is 2.64. The molecule has 11 heteroatoms. The average Bonchev–Trinajstić information content (AvgIpc) is 2.91. The van der Waals surface area contributed by atoms with E-state index < -0.39 is 54.8 Å². The van der Waals surface area contributed by atoms with E-state index in [2.05, 4.69) is 4.98 Å². The number of carboxylic acids is 1. The Morgan fingerprint density at radius 3 is 2.20 bits per heavy atom. The van der Waals surface area contributed by atoms with Crippen LogP contribution in [-0.4, -0.2) is 46.1 Å². The fourth-order valence-electron chi connectivity index (χ4n) is 2.63. The molecule has 0 radical (unpaired) electrons. The molecule has 0 aliphatic carbocycles. The molecule has 5 nitrogen and oxygen atoms in total. The number of halogens is 6. The number of aryl methyl sites for hydroxylation is 1. The van der Waals surface area contributed by atoms with Crippen LogP contribution in [0.3, 0.4) is 0 Å². The van der Waals surface area contributed by atoms with Gasteiger partial charge in [-0.1, -0.05) is 0 Å². The van der Waals surface area contributed by atoms with Gasteiger partial charge >= 0.3 is 18.3 Å². The van der Waals surface area contributed by atoms with E-state index in [0.29, 0.717) is 11.0 Å². The molecular weight excluding hydrogens is 358 g/mol. The number of nitrogens with zero attached hydrogens (tertiary/aromatic N) is 2. The van der Waals surface area contributed by atoms with E-state index >= 15 is 0 Å². The highest BCUT2D eigenvalue weighted by molar-refractivity contribution is 5.96. The van der Waals surface area contributed by atoms with E-state index in [9.17, 15) is 35.9 Å². The van der Waals surface area contributed by atoms with E-state index in [1.54, 1.807) is 0 Å². The van der Waals surface area contributed by atoms with Crippen molar-refractivity contribution in [2.45, 2.75) is 25.7 Å². The maximum absolute atomic E-state index is 13.1. The topological polar surface area (TPSA) is 70.5 Å². The van der Waals surface area contributed by atoms with Gasteiger partial charge in [-0.2, -0.15) is 26.3 Å². The Labute approximate surface area is 137 Å². The second-order valence-electron chi connectivity index (χ2n) is 5.69. The summed E-state index contributed by atoms with van der Waals surface area (Å²) in [7, 11) is 0. The van der Waals surface area contributed by atoms with Crippen molar-refractivity contribution in [1.82, 2.24) is 9.88 Å². The molecule has 1 aromatic heterocycles. The molecule has 1 aliphatic rings. The van der Waals surface area contributed by atoms with Gasteiger partial charge in [-0.05, 0) is 25.5 Å². The molecule has 138 valence electrons. The lowest BCUT2D eigenvalue weighted by atomic mass is 9.86. The van der Waals surface area contributed by atoms with E-state index in [1.165, 1.54) is 0 Å². The number of aliphatic carboxylic acids is 1. The lowest BCUT2D eigenvalue weighted by molar-refractivity contribution is -0.227. The molecule has 0 aromatic carbocycles. The molecule has 25 heavy (non-hydrogen) atoms. The number of carboxylic acid groups (broad SMARTS) is 1. The maximum Gasteiger partial charge on any atom is 0.433 e. The fourth-order valence-corrected chi connectivity index (χ4v) is 2.63. The molecule has 1 aromatic rings. The molecule has 2 rings (SSSR count). The van der Waals surface area contributed by atoms with E-state index in [4.69, 9.17) is 5.11 Å². The Morgan fingerprint density at radius 2 is 1.80 bits per heavy atom. The summed E-state index contributed by atoms with van der Waals surface area (Å²) in [5.74, 6) is -3.09. The standard InChI is InChI=1S/C14H12F6N2O3/c1-7-8(2-3-9(21-7)13(15,16)17)10(23)22-5-4-12(6-22,11(24)25)14(18,19)20/h2-3H,4-6H2,1H3,(H,24,25). The first-order chi connectivity index (χ1) is 11.3. The first-order valence-electron chi connectivity index (χ1n) is 6.94. The van der Waals surface area contributed by atoms with Gasteiger partial charge in [0, 0.05) is 13.1 Å². The average molecular weight is 370 g/mol. The van der Waals surface area contributed by atoms with E-state index in [1.807, 2.05) is 0 Å². The summed E-state index contributed by atoms with van der Waals surface area (Å²) in [6.45, 7) is -0.469. The highest BCUT2D eigenvalue weighted by atomic mass is 19.4. The molecule has 1 atom stereocenters. The van der Waals surface area contributed by atoms with Gasteiger partial charge in [0.25, 0.3) is 5.91 Å². The van der Waals surface area contributed by atoms with Crippen molar-refractivity contribution in [3.8, 4) is 0 Å². The van der Waals surface area contributed by atoms with Crippen molar-refractivity contribution in [3.05, 3.63) is 29.1 Å². The van der Waals surface area contributed by atoms with Crippen LogP contribution in [0.5, 0.6) is 0 Å². The van der Waals surface area contributed by atoms with Gasteiger partial charge in [-0.25, -0.2) is 4.98 Å². The van der Waals surface area contributed by atoms with Crippen LogP contribution in [-0.2, 0) is 11.0 Å². The maximum atomic E-state index is 13.1. The lowest BCUT2D eigenvalue weighted by Gasteiger charge is -2.27. The van der Waals surface area contributed by atoms with Crippen molar-refractivity contribution in [3.63, 3.8) is 0 Å².